The van der Waals surface area contributed by atoms with E-state index in [1.807, 2.05) is 66.7 Å². The van der Waals surface area contributed by atoms with Gasteiger partial charge in [0.25, 0.3) is 0 Å². The van der Waals surface area contributed by atoms with Crippen molar-refractivity contribution in [2.24, 2.45) is 0 Å². The maximum atomic E-state index is 4.71. The van der Waals surface area contributed by atoms with Gasteiger partial charge >= 0.3 is 0 Å². The van der Waals surface area contributed by atoms with Gasteiger partial charge in [0, 0.05) is 23.5 Å². The van der Waals surface area contributed by atoms with Crippen molar-refractivity contribution in [3.8, 4) is 11.4 Å². The molecule has 2 N–H and O–H groups in total. The van der Waals surface area contributed by atoms with E-state index in [1.54, 1.807) is 6.20 Å². The lowest BCUT2D eigenvalue weighted by molar-refractivity contribution is 1.02. The summed E-state index contributed by atoms with van der Waals surface area (Å²) in [6, 6.07) is 26.0. The van der Waals surface area contributed by atoms with Crippen LogP contribution in [0.2, 0.25) is 0 Å². The molecule has 2 aromatic heterocycles. The topological polar surface area (TPSA) is 62.7 Å². The monoisotopic (exact) mass is 367 g/mol. The molecule has 0 bridgehead atoms. The molecule has 28 heavy (non-hydrogen) atoms. The number of rotatable bonds is 6. The van der Waals surface area contributed by atoms with E-state index in [4.69, 9.17) is 4.98 Å². The molecule has 2 heterocycles. The second kappa shape index (κ2) is 8.31. The van der Waals surface area contributed by atoms with Gasteiger partial charge in [0.05, 0.1) is 12.2 Å². The summed E-state index contributed by atoms with van der Waals surface area (Å²) >= 11 is 0. The summed E-state index contributed by atoms with van der Waals surface area (Å²) in [7, 11) is 0. The Morgan fingerprint density at radius 3 is 2.39 bits per heavy atom. The Hall–Kier alpha value is -3.73. The van der Waals surface area contributed by atoms with E-state index in [0.717, 1.165) is 28.6 Å². The average molecular weight is 367 g/mol. The van der Waals surface area contributed by atoms with Gasteiger partial charge in [-0.05, 0) is 36.8 Å². The molecule has 5 heteroatoms. The fourth-order valence-electron chi connectivity index (χ4n) is 2.87. The Balaban J connectivity index is 1.64. The molecule has 4 rings (SSSR count). The minimum absolute atomic E-state index is 0.593. The van der Waals surface area contributed by atoms with Gasteiger partial charge in [0.2, 0.25) is 0 Å². The van der Waals surface area contributed by atoms with Crippen molar-refractivity contribution < 1.29 is 0 Å². The van der Waals surface area contributed by atoms with Crippen LogP contribution in [-0.2, 0) is 6.54 Å². The number of nitrogens with zero attached hydrogens (tertiary/aromatic N) is 3. The average Bonchev–Trinajstić information content (AvgIpc) is 2.74. The summed E-state index contributed by atoms with van der Waals surface area (Å²) in [5.41, 5.74) is 4.11. The van der Waals surface area contributed by atoms with Crippen LogP contribution in [0.4, 0.5) is 17.3 Å². The van der Waals surface area contributed by atoms with E-state index in [9.17, 15) is 0 Å². The highest BCUT2D eigenvalue weighted by atomic mass is 15.1. The summed E-state index contributed by atoms with van der Waals surface area (Å²) in [6.45, 7) is 2.66. The van der Waals surface area contributed by atoms with Crippen LogP contribution in [0.3, 0.4) is 0 Å². The zero-order chi connectivity index (χ0) is 19.2. The number of anilines is 3. The first-order chi connectivity index (χ1) is 13.8. The fourth-order valence-corrected chi connectivity index (χ4v) is 2.87. The smallest absolute Gasteiger partial charge is 0.163 e. The second-order valence-electron chi connectivity index (χ2n) is 6.50. The van der Waals surface area contributed by atoms with Crippen molar-refractivity contribution in [3.05, 3.63) is 96.3 Å². The molecule has 0 amide bonds. The Morgan fingerprint density at radius 2 is 1.61 bits per heavy atom. The number of aromatic nitrogens is 3. The van der Waals surface area contributed by atoms with Gasteiger partial charge in [0.15, 0.2) is 5.82 Å². The third-order valence-corrected chi connectivity index (χ3v) is 4.23. The fraction of sp³-hybridized carbons (Fsp3) is 0.0870. The molecule has 0 saturated heterocycles. The molecule has 0 fully saturated rings. The zero-order valence-corrected chi connectivity index (χ0v) is 15.6. The SMILES string of the molecule is Cc1cccc(Nc2cc(NCc3ccccn3)nc(-c3ccccc3)n2)c1. The van der Waals surface area contributed by atoms with E-state index in [2.05, 4.69) is 39.7 Å². The number of hydrogen-bond acceptors (Lipinski definition) is 5. The molecule has 0 aliphatic rings. The molecule has 0 spiro atoms. The molecule has 5 nitrogen and oxygen atoms in total. The first-order valence-electron chi connectivity index (χ1n) is 9.18. The first-order valence-corrected chi connectivity index (χ1v) is 9.18. The largest absolute Gasteiger partial charge is 0.364 e. The predicted octanol–water partition coefficient (Wildman–Crippen LogP) is 5.20. The molecule has 0 atom stereocenters. The molecular formula is C23H21N5. The minimum Gasteiger partial charge on any atom is -0.364 e. The van der Waals surface area contributed by atoms with E-state index in [0.29, 0.717) is 12.4 Å². The molecule has 4 aromatic rings. The van der Waals surface area contributed by atoms with Crippen LogP contribution < -0.4 is 10.6 Å². The van der Waals surface area contributed by atoms with Gasteiger partial charge in [-0.15, -0.1) is 0 Å². The second-order valence-corrected chi connectivity index (χ2v) is 6.50. The maximum absolute atomic E-state index is 4.71. The molecule has 0 unspecified atom stereocenters. The van der Waals surface area contributed by atoms with Crippen LogP contribution in [0, 0.1) is 6.92 Å². The summed E-state index contributed by atoms with van der Waals surface area (Å²) in [5, 5.41) is 6.74. The van der Waals surface area contributed by atoms with Crippen LogP contribution in [-0.4, -0.2) is 15.0 Å². The molecule has 0 aliphatic heterocycles. The molecule has 138 valence electrons. The third-order valence-electron chi connectivity index (χ3n) is 4.23. The maximum Gasteiger partial charge on any atom is 0.163 e. The van der Waals surface area contributed by atoms with E-state index in [1.165, 1.54) is 5.56 Å². The molecule has 0 aliphatic carbocycles. The van der Waals surface area contributed by atoms with E-state index >= 15 is 0 Å². The lowest BCUT2D eigenvalue weighted by atomic mass is 10.2. The van der Waals surface area contributed by atoms with Crippen molar-refractivity contribution in [2.45, 2.75) is 13.5 Å². The highest BCUT2D eigenvalue weighted by Gasteiger charge is 2.08. The van der Waals surface area contributed by atoms with Crippen LogP contribution >= 0.6 is 0 Å². The lowest BCUT2D eigenvalue weighted by Gasteiger charge is -2.12. The summed E-state index contributed by atoms with van der Waals surface area (Å²) in [5.74, 6) is 2.15. The Kier molecular flexibility index (Phi) is 5.24. The number of hydrogen-bond donors (Lipinski definition) is 2. The van der Waals surface area contributed by atoms with Crippen molar-refractivity contribution in [2.75, 3.05) is 10.6 Å². The number of aryl methyl sites for hydroxylation is 1. The van der Waals surface area contributed by atoms with Crippen molar-refractivity contribution in [3.63, 3.8) is 0 Å². The number of pyridine rings is 1. The van der Waals surface area contributed by atoms with Crippen LogP contribution in [0.5, 0.6) is 0 Å². The molecule has 0 saturated carbocycles. The van der Waals surface area contributed by atoms with E-state index in [-0.39, 0.29) is 0 Å². The number of nitrogens with one attached hydrogen (secondary N) is 2. The third kappa shape index (κ3) is 4.51. The molecular weight excluding hydrogens is 346 g/mol. The van der Waals surface area contributed by atoms with Crippen LogP contribution in [0.15, 0.2) is 85.1 Å². The molecule has 2 aromatic carbocycles. The summed E-state index contributed by atoms with van der Waals surface area (Å²) in [6.07, 6.45) is 1.79. The molecule has 0 radical (unpaired) electrons. The first kappa shape index (κ1) is 17.7. The number of benzene rings is 2. The van der Waals surface area contributed by atoms with Crippen molar-refractivity contribution in [1.29, 1.82) is 0 Å². The summed E-state index contributed by atoms with van der Waals surface area (Å²) < 4.78 is 0. The van der Waals surface area contributed by atoms with Crippen LogP contribution in [0.1, 0.15) is 11.3 Å². The minimum atomic E-state index is 0.593. The quantitative estimate of drug-likeness (QED) is 0.490. The van der Waals surface area contributed by atoms with Gasteiger partial charge in [-0.1, -0.05) is 48.5 Å². The Morgan fingerprint density at radius 1 is 0.786 bits per heavy atom. The summed E-state index contributed by atoms with van der Waals surface area (Å²) in [4.78, 5) is 13.7. The normalized spacial score (nSPS) is 10.5. The van der Waals surface area contributed by atoms with Crippen molar-refractivity contribution in [1.82, 2.24) is 15.0 Å². The van der Waals surface area contributed by atoms with Gasteiger partial charge in [-0.25, -0.2) is 9.97 Å². The van der Waals surface area contributed by atoms with Crippen LogP contribution in [0.25, 0.3) is 11.4 Å². The van der Waals surface area contributed by atoms with Crippen molar-refractivity contribution >= 4 is 17.3 Å². The van der Waals surface area contributed by atoms with Gasteiger partial charge in [-0.3, -0.25) is 4.98 Å². The lowest BCUT2D eigenvalue weighted by Crippen LogP contribution is -2.06. The standard InChI is InChI=1S/C23H21N5/c1-17-8-7-12-19(14-17)26-22-15-21(25-16-20-11-5-6-13-24-20)27-23(28-22)18-9-3-2-4-10-18/h2-15H,16H2,1H3,(H2,25,26,27,28). The zero-order valence-electron chi connectivity index (χ0n) is 15.6. The predicted molar refractivity (Wildman–Crippen MR) is 113 cm³/mol. The Labute approximate surface area is 164 Å². The van der Waals surface area contributed by atoms with Gasteiger partial charge in [0.1, 0.15) is 11.6 Å². The van der Waals surface area contributed by atoms with E-state index < -0.39 is 0 Å². The van der Waals surface area contributed by atoms with Gasteiger partial charge < -0.3 is 10.6 Å². The Bertz CT molecular complexity index is 1050. The highest BCUT2D eigenvalue weighted by molar-refractivity contribution is 5.65. The van der Waals surface area contributed by atoms with Gasteiger partial charge in [-0.2, -0.15) is 0 Å². The highest BCUT2D eigenvalue weighted by Crippen LogP contribution is 2.23.